The Morgan fingerprint density at radius 1 is 1.64 bits per heavy atom. The molecule has 74 valence electrons. The van der Waals surface area contributed by atoms with E-state index in [2.05, 4.69) is 6.58 Å². The Kier molecular flexibility index (Phi) is 3.14. The van der Waals surface area contributed by atoms with Crippen LogP contribution in [0.3, 0.4) is 0 Å². The number of carbonyl (C=O) groups is 1. The number of rotatable bonds is 3. The van der Waals surface area contributed by atoms with Gasteiger partial charge in [0.1, 0.15) is 5.75 Å². The van der Waals surface area contributed by atoms with Crippen LogP contribution >= 0.6 is 11.6 Å². The van der Waals surface area contributed by atoms with Gasteiger partial charge in [-0.25, -0.2) is 0 Å². The molecule has 0 aliphatic rings. The van der Waals surface area contributed by atoms with Crippen LogP contribution in [-0.4, -0.2) is 13.0 Å². The third-order valence-electron chi connectivity index (χ3n) is 1.78. The molecule has 0 saturated carbocycles. The first-order chi connectivity index (χ1) is 6.60. The van der Waals surface area contributed by atoms with Gasteiger partial charge in [-0.3, -0.25) is 4.79 Å². The first-order valence-electron chi connectivity index (χ1n) is 3.90. The van der Waals surface area contributed by atoms with E-state index >= 15 is 0 Å². The Morgan fingerprint density at radius 3 is 2.71 bits per heavy atom. The Hall–Kier alpha value is -1.48. The van der Waals surface area contributed by atoms with Crippen LogP contribution < -0.4 is 10.5 Å². The van der Waals surface area contributed by atoms with Crippen molar-refractivity contribution in [1.82, 2.24) is 0 Å². The minimum atomic E-state index is -0.530. The molecule has 0 radical (unpaired) electrons. The third-order valence-corrected chi connectivity index (χ3v) is 2.06. The summed E-state index contributed by atoms with van der Waals surface area (Å²) < 4.78 is 5.05. The van der Waals surface area contributed by atoms with Crippen molar-refractivity contribution in [1.29, 1.82) is 0 Å². The van der Waals surface area contributed by atoms with Gasteiger partial charge >= 0.3 is 0 Å². The summed E-state index contributed by atoms with van der Waals surface area (Å²) in [5.74, 6) is -0.0377. The second-order valence-corrected chi connectivity index (χ2v) is 3.06. The summed E-state index contributed by atoms with van der Waals surface area (Å²) >= 11 is 5.88. The van der Waals surface area contributed by atoms with Gasteiger partial charge in [0, 0.05) is 11.1 Å². The van der Waals surface area contributed by atoms with Crippen LogP contribution in [0, 0.1) is 0 Å². The van der Waals surface area contributed by atoms with Crippen molar-refractivity contribution in [2.45, 2.75) is 0 Å². The largest absolute Gasteiger partial charge is 0.495 e. The highest BCUT2D eigenvalue weighted by Gasteiger charge is 2.10. The molecule has 0 heterocycles. The van der Waals surface area contributed by atoms with Crippen molar-refractivity contribution in [2.75, 3.05) is 7.11 Å². The molecule has 0 aromatic heterocycles. The van der Waals surface area contributed by atoms with Gasteiger partial charge in [-0.05, 0) is 12.1 Å². The Balaban J connectivity index is 3.38. The summed E-state index contributed by atoms with van der Waals surface area (Å²) in [5.41, 5.74) is 6.11. The highest BCUT2D eigenvalue weighted by molar-refractivity contribution is 6.32. The van der Waals surface area contributed by atoms with Gasteiger partial charge in [0.15, 0.2) is 0 Å². The van der Waals surface area contributed by atoms with E-state index in [1.165, 1.54) is 13.2 Å². The van der Waals surface area contributed by atoms with E-state index in [-0.39, 0.29) is 0 Å². The highest BCUT2D eigenvalue weighted by atomic mass is 35.5. The molecule has 4 heteroatoms. The van der Waals surface area contributed by atoms with E-state index in [9.17, 15) is 4.79 Å². The second kappa shape index (κ2) is 4.15. The third kappa shape index (κ3) is 1.88. The van der Waals surface area contributed by atoms with Crippen LogP contribution in [0.25, 0.3) is 6.08 Å². The summed E-state index contributed by atoms with van der Waals surface area (Å²) in [4.78, 5) is 10.9. The van der Waals surface area contributed by atoms with Crippen LogP contribution in [-0.2, 0) is 0 Å². The molecule has 0 spiro atoms. The lowest BCUT2D eigenvalue weighted by molar-refractivity contribution is 0.1000. The van der Waals surface area contributed by atoms with E-state index in [0.717, 1.165) is 0 Å². The van der Waals surface area contributed by atoms with Crippen LogP contribution in [0.1, 0.15) is 15.9 Å². The van der Waals surface area contributed by atoms with Gasteiger partial charge in [-0.2, -0.15) is 0 Å². The summed E-state index contributed by atoms with van der Waals surface area (Å²) in [6, 6.07) is 3.05. The molecule has 0 atom stereocenters. The minimum absolute atomic E-state index is 0.339. The number of amides is 1. The van der Waals surface area contributed by atoms with Crippen LogP contribution in [0.15, 0.2) is 18.7 Å². The van der Waals surface area contributed by atoms with Crippen molar-refractivity contribution < 1.29 is 9.53 Å². The summed E-state index contributed by atoms with van der Waals surface area (Å²) in [6.07, 6.45) is 1.55. The number of halogens is 1. The fourth-order valence-corrected chi connectivity index (χ4v) is 1.43. The lowest BCUT2D eigenvalue weighted by Gasteiger charge is -2.08. The van der Waals surface area contributed by atoms with E-state index in [1.807, 2.05) is 0 Å². The Morgan fingerprint density at radius 2 is 2.29 bits per heavy atom. The molecule has 0 fully saturated rings. The summed E-state index contributed by atoms with van der Waals surface area (Å²) in [5, 5.41) is 0.346. The Labute approximate surface area is 87.1 Å². The molecule has 14 heavy (non-hydrogen) atoms. The molecule has 0 aliphatic carbocycles. The van der Waals surface area contributed by atoms with E-state index in [4.69, 9.17) is 22.1 Å². The predicted octanol–water partition coefficient (Wildman–Crippen LogP) is 2.09. The van der Waals surface area contributed by atoms with Gasteiger partial charge in [-0.15, -0.1) is 0 Å². The molecule has 0 unspecified atom stereocenters. The highest BCUT2D eigenvalue weighted by Crippen LogP contribution is 2.30. The number of methoxy groups -OCH3 is 1. The van der Waals surface area contributed by atoms with Crippen LogP contribution in [0.5, 0.6) is 5.75 Å². The topological polar surface area (TPSA) is 52.3 Å². The summed E-state index contributed by atoms with van der Waals surface area (Å²) in [6.45, 7) is 3.59. The smallest absolute Gasteiger partial charge is 0.248 e. The molecule has 3 nitrogen and oxygen atoms in total. The number of carbonyl (C=O) groups excluding carboxylic acids is 1. The number of nitrogens with two attached hydrogens (primary N) is 1. The maximum absolute atomic E-state index is 10.9. The average Bonchev–Trinajstić information content (AvgIpc) is 2.16. The SMILES string of the molecule is C=Cc1cc(C(N)=O)cc(Cl)c1OC. The summed E-state index contributed by atoms with van der Waals surface area (Å²) in [7, 11) is 1.50. The average molecular weight is 212 g/mol. The number of hydrogen-bond donors (Lipinski definition) is 1. The number of benzene rings is 1. The number of ether oxygens (including phenoxy) is 1. The lowest BCUT2D eigenvalue weighted by Crippen LogP contribution is -2.11. The normalized spacial score (nSPS) is 9.57. The fraction of sp³-hybridized carbons (Fsp3) is 0.100. The zero-order valence-electron chi connectivity index (χ0n) is 7.71. The van der Waals surface area contributed by atoms with Gasteiger partial charge in [0.05, 0.1) is 12.1 Å². The van der Waals surface area contributed by atoms with Gasteiger partial charge in [0.25, 0.3) is 0 Å². The zero-order valence-corrected chi connectivity index (χ0v) is 8.47. The molecule has 2 N–H and O–H groups in total. The Bertz CT molecular complexity index is 388. The molecule has 0 bridgehead atoms. The van der Waals surface area contributed by atoms with Crippen molar-refractivity contribution in [2.24, 2.45) is 5.73 Å². The first-order valence-corrected chi connectivity index (χ1v) is 4.27. The van der Waals surface area contributed by atoms with Crippen molar-refractivity contribution >= 4 is 23.6 Å². The van der Waals surface area contributed by atoms with Crippen LogP contribution in [0.4, 0.5) is 0 Å². The standard InChI is InChI=1S/C10H10ClNO2/c1-3-6-4-7(10(12)13)5-8(11)9(6)14-2/h3-5H,1H2,2H3,(H2,12,13). The lowest BCUT2D eigenvalue weighted by atomic mass is 10.1. The quantitative estimate of drug-likeness (QED) is 0.833. The molecule has 0 aliphatic heterocycles. The fourth-order valence-electron chi connectivity index (χ4n) is 1.12. The van der Waals surface area contributed by atoms with E-state index in [0.29, 0.717) is 21.9 Å². The molecule has 1 aromatic rings. The van der Waals surface area contributed by atoms with Gasteiger partial charge < -0.3 is 10.5 Å². The first kappa shape index (κ1) is 10.6. The number of primary amides is 1. The zero-order chi connectivity index (χ0) is 10.7. The number of hydrogen-bond acceptors (Lipinski definition) is 2. The van der Waals surface area contributed by atoms with Crippen molar-refractivity contribution in [3.05, 3.63) is 34.9 Å². The van der Waals surface area contributed by atoms with Crippen LogP contribution in [0.2, 0.25) is 5.02 Å². The molecule has 1 aromatic carbocycles. The maximum Gasteiger partial charge on any atom is 0.248 e. The monoisotopic (exact) mass is 211 g/mol. The predicted molar refractivity (Wildman–Crippen MR) is 56.6 cm³/mol. The van der Waals surface area contributed by atoms with Crippen molar-refractivity contribution in [3.63, 3.8) is 0 Å². The van der Waals surface area contributed by atoms with E-state index < -0.39 is 5.91 Å². The molecular formula is C10H10ClNO2. The van der Waals surface area contributed by atoms with Gasteiger partial charge in [0.2, 0.25) is 5.91 Å². The van der Waals surface area contributed by atoms with E-state index in [1.54, 1.807) is 12.1 Å². The minimum Gasteiger partial charge on any atom is -0.495 e. The second-order valence-electron chi connectivity index (χ2n) is 2.65. The molecule has 1 rings (SSSR count). The molecule has 1 amide bonds. The van der Waals surface area contributed by atoms with Crippen molar-refractivity contribution in [3.8, 4) is 5.75 Å². The maximum atomic E-state index is 10.9. The molecular weight excluding hydrogens is 202 g/mol. The molecule has 0 saturated heterocycles. The van der Waals surface area contributed by atoms with Gasteiger partial charge in [-0.1, -0.05) is 24.3 Å².